The maximum atomic E-state index is 13.7. The van der Waals surface area contributed by atoms with Crippen molar-refractivity contribution in [1.29, 1.82) is 0 Å². The average Bonchev–Trinajstić information content (AvgIpc) is 2.93. The van der Waals surface area contributed by atoms with Gasteiger partial charge in [0.2, 0.25) is 11.8 Å². The Bertz CT molecular complexity index is 1110. The van der Waals surface area contributed by atoms with Crippen LogP contribution in [0.25, 0.3) is 0 Å². The molecule has 2 amide bonds. The summed E-state index contributed by atoms with van der Waals surface area (Å²) in [6, 6.07) is 14.0. The number of fused-ring (bicyclic) bond motifs is 1. The number of amides is 2. The van der Waals surface area contributed by atoms with Gasteiger partial charge in [0.15, 0.2) is 0 Å². The van der Waals surface area contributed by atoms with E-state index >= 15 is 0 Å². The SMILES string of the molecule is C/C=C1\N[C@@H](CN)C(=O)NCCCc2ccccc2OCCN[C@H](Cc2ccc(Cl)cc2)C(=O)N[C@@H]1C(C)C. The monoisotopic (exact) mass is 555 g/mol. The zero-order valence-electron chi connectivity index (χ0n) is 23.1. The fourth-order valence-electron chi connectivity index (χ4n) is 4.62. The Morgan fingerprint density at radius 1 is 1.03 bits per heavy atom. The first kappa shape index (κ1) is 30.5. The number of benzene rings is 2. The standard InChI is InChI=1S/C30H42ClN5O3/c1-4-24-28(20(2)3)36-30(38)25(18-21-11-13-23(31)14-12-21)33-16-17-39-27-10-6-5-8-22(27)9-7-15-34-29(37)26(19-32)35-24/h4-6,8,10-14,20,25-26,28,33,35H,7,9,15-19,32H2,1-3H3,(H,34,37)(H,36,38)/b24-4-/t25-,26+,28-/m1/s1. The van der Waals surface area contributed by atoms with Gasteiger partial charge in [0.25, 0.3) is 0 Å². The van der Waals surface area contributed by atoms with E-state index in [-0.39, 0.29) is 30.3 Å². The molecule has 8 nitrogen and oxygen atoms in total. The zero-order chi connectivity index (χ0) is 28.2. The topological polar surface area (TPSA) is 118 Å². The summed E-state index contributed by atoms with van der Waals surface area (Å²) < 4.78 is 6.10. The normalized spacial score (nSPS) is 23.0. The predicted molar refractivity (Wildman–Crippen MR) is 157 cm³/mol. The van der Waals surface area contributed by atoms with Crippen molar-refractivity contribution in [3.63, 3.8) is 0 Å². The van der Waals surface area contributed by atoms with Crippen LogP contribution in [0, 0.1) is 5.92 Å². The van der Waals surface area contributed by atoms with E-state index in [0.717, 1.165) is 35.4 Å². The van der Waals surface area contributed by atoms with Crippen LogP contribution in [-0.2, 0) is 22.4 Å². The molecule has 0 unspecified atom stereocenters. The van der Waals surface area contributed by atoms with E-state index in [4.69, 9.17) is 22.1 Å². The number of para-hydroxylation sites is 1. The van der Waals surface area contributed by atoms with E-state index in [2.05, 4.69) is 21.3 Å². The van der Waals surface area contributed by atoms with Gasteiger partial charge in [-0.15, -0.1) is 0 Å². The van der Waals surface area contributed by atoms with E-state index in [9.17, 15) is 9.59 Å². The number of hydrogen-bond acceptors (Lipinski definition) is 6. The van der Waals surface area contributed by atoms with Crippen molar-refractivity contribution in [1.82, 2.24) is 21.3 Å². The summed E-state index contributed by atoms with van der Waals surface area (Å²) in [4.78, 5) is 26.6. The second-order valence-electron chi connectivity index (χ2n) is 10.1. The molecule has 1 aliphatic rings. The Balaban J connectivity index is 1.87. The van der Waals surface area contributed by atoms with Crippen molar-refractivity contribution < 1.29 is 14.3 Å². The Labute approximate surface area is 237 Å². The van der Waals surface area contributed by atoms with E-state index in [1.165, 1.54) is 0 Å². The first-order valence-electron chi connectivity index (χ1n) is 13.7. The Kier molecular flexibility index (Phi) is 12.1. The maximum Gasteiger partial charge on any atom is 0.243 e. The predicted octanol–water partition coefficient (Wildman–Crippen LogP) is 2.94. The summed E-state index contributed by atoms with van der Waals surface area (Å²) in [5, 5.41) is 13.5. The van der Waals surface area contributed by atoms with Gasteiger partial charge in [-0.3, -0.25) is 9.59 Å². The second kappa shape index (κ2) is 15.5. The number of hydrogen-bond donors (Lipinski definition) is 5. The first-order chi connectivity index (χ1) is 18.8. The van der Waals surface area contributed by atoms with Crippen molar-refractivity contribution in [2.45, 2.75) is 58.2 Å². The summed E-state index contributed by atoms with van der Waals surface area (Å²) in [5.41, 5.74) is 8.81. The van der Waals surface area contributed by atoms with Crippen LogP contribution in [0.5, 0.6) is 5.75 Å². The van der Waals surface area contributed by atoms with Crippen LogP contribution in [0.15, 0.2) is 60.3 Å². The number of ether oxygens (including phenoxy) is 1. The van der Waals surface area contributed by atoms with Crippen molar-refractivity contribution in [2.24, 2.45) is 11.7 Å². The minimum absolute atomic E-state index is 0.0655. The molecule has 6 N–H and O–H groups in total. The highest BCUT2D eigenvalue weighted by Crippen LogP contribution is 2.20. The van der Waals surface area contributed by atoms with Crippen molar-refractivity contribution in [3.05, 3.63) is 76.5 Å². The highest BCUT2D eigenvalue weighted by Gasteiger charge is 2.28. The molecule has 0 bridgehead atoms. The molecule has 2 aromatic carbocycles. The molecule has 0 fully saturated rings. The summed E-state index contributed by atoms with van der Waals surface area (Å²) in [6.45, 7) is 7.50. The Morgan fingerprint density at radius 2 is 1.77 bits per heavy atom. The lowest BCUT2D eigenvalue weighted by atomic mass is 9.98. The molecule has 0 aliphatic carbocycles. The highest BCUT2D eigenvalue weighted by atomic mass is 35.5. The third-order valence-corrected chi connectivity index (χ3v) is 7.07. The molecule has 1 heterocycles. The molecule has 3 atom stereocenters. The molecule has 39 heavy (non-hydrogen) atoms. The quantitative estimate of drug-likeness (QED) is 0.396. The molecule has 1 aliphatic heterocycles. The highest BCUT2D eigenvalue weighted by molar-refractivity contribution is 6.30. The van der Waals surface area contributed by atoms with Crippen LogP contribution >= 0.6 is 11.6 Å². The van der Waals surface area contributed by atoms with E-state index in [1.54, 1.807) is 0 Å². The largest absolute Gasteiger partial charge is 0.492 e. The lowest BCUT2D eigenvalue weighted by molar-refractivity contribution is -0.124. The second-order valence-corrected chi connectivity index (χ2v) is 10.5. The molecule has 0 radical (unpaired) electrons. The molecule has 9 heteroatoms. The van der Waals surface area contributed by atoms with Gasteiger partial charge in [0.1, 0.15) is 18.4 Å². The van der Waals surface area contributed by atoms with E-state index < -0.39 is 12.1 Å². The van der Waals surface area contributed by atoms with E-state index in [0.29, 0.717) is 31.1 Å². The Hall–Kier alpha value is -3.07. The molecule has 0 aromatic heterocycles. The van der Waals surface area contributed by atoms with Crippen LogP contribution in [0.3, 0.4) is 0 Å². The third-order valence-electron chi connectivity index (χ3n) is 6.82. The lowest BCUT2D eigenvalue weighted by Gasteiger charge is -2.31. The zero-order valence-corrected chi connectivity index (χ0v) is 23.9. The number of nitrogens with one attached hydrogen (secondary N) is 4. The third kappa shape index (κ3) is 9.27. The molecular weight excluding hydrogens is 514 g/mol. The number of aryl methyl sites for hydroxylation is 1. The fraction of sp³-hybridized carbons (Fsp3) is 0.467. The smallest absolute Gasteiger partial charge is 0.243 e. The summed E-state index contributed by atoms with van der Waals surface area (Å²) in [7, 11) is 0. The van der Waals surface area contributed by atoms with Crippen molar-refractivity contribution in [3.8, 4) is 5.75 Å². The Morgan fingerprint density at radius 3 is 2.46 bits per heavy atom. The van der Waals surface area contributed by atoms with Gasteiger partial charge in [-0.25, -0.2) is 0 Å². The summed E-state index contributed by atoms with van der Waals surface area (Å²) in [6.07, 6.45) is 3.91. The van der Waals surface area contributed by atoms with Crippen molar-refractivity contribution >= 4 is 23.4 Å². The molecule has 212 valence electrons. The average molecular weight is 556 g/mol. The van der Waals surface area contributed by atoms with Gasteiger partial charge in [-0.2, -0.15) is 0 Å². The minimum Gasteiger partial charge on any atom is -0.492 e. The van der Waals surface area contributed by atoms with Gasteiger partial charge >= 0.3 is 0 Å². The molecule has 0 saturated heterocycles. The van der Waals surface area contributed by atoms with Crippen LogP contribution in [0.4, 0.5) is 0 Å². The molecule has 0 spiro atoms. The summed E-state index contributed by atoms with van der Waals surface area (Å²) in [5.74, 6) is 0.568. The molecular formula is C30H42ClN5O3. The first-order valence-corrected chi connectivity index (χ1v) is 14.1. The lowest BCUT2D eigenvalue weighted by Crippen LogP contribution is -2.55. The van der Waals surface area contributed by atoms with Crippen LogP contribution < -0.4 is 31.7 Å². The van der Waals surface area contributed by atoms with Gasteiger partial charge in [0, 0.05) is 30.4 Å². The fourth-order valence-corrected chi connectivity index (χ4v) is 4.74. The molecule has 0 saturated carbocycles. The van der Waals surface area contributed by atoms with Crippen molar-refractivity contribution in [2.75, 3.05) is 26.2 Å². The van der Waals surface area contributed by atoms with Gasteiger partial charge < -0.3 is 31.7 Å². The maximum absolute atomic E-state index is 13.7. The number of nitrogens with two attached hydrogens (primary N) is 1. The number of carbonyl (C=O) groups is 2. The number of halogens is 1. The minimum atomic E-state index is -0.619. The summed E-state index contributed by atoms with van der Waals surface area (Å²) >= 11 is 6.08. The van der Waals surface area contributed by atoms with Crippen LogP contribution in [0.1, 0.15) is 38.3 Å². The van der Waals surface area contributed by atoms with E-state index in [1.807, 2.05) is 75.4 Å². The van der Waals surface area contributed by atoms with Crippen LogP contribution in [0.2, 0.25) is 5.02 Å². The van der Waals surface area contributed by atoms with Gasteiger partial charge in [0.05, 0.1) is 12.1 Å². The number of rotatable bonds is 4. The van der Waals surface area contributed by atoms with Gasteiger partial charge in [-0.1, -0.05) is 61.9 Å². The number of carbonyl (C=O) groups excluding carboxylic acids is 2. The molecule has 2 aromatic rings. The molecule has 3 rings (SSSR count). The number of allylic oxidation sites excluding steroid dienone is 1. The van der Waals surface area contributed by atoms with Gasteiger partial charge in [-0.05, 0) is 61.4 Å². The van der Waals surface area contributed by atoms with Crippen LogP contribution in [-0.4, -0.2) is 56.2 Å².